The average molecular weight is 387 g/mol. The molecule has 3 aliphatic rings. The maximum absolute atomic E-state index is 12.6. The highest BCUT2D eigenvalue weighted by atomic mass is 19.4. The maximum Gasteiger partial charge on any atom is 0.422 e. The number of ether oxygens (including phenoxy) is 1. The molecule has 2 N–H and O–H groups in total. The summed E-state index contributed by atoms with van der Waals surface area (Å²) in [6.45, 7) is -1.51. The largest absolute Gasteiger partial charge is 0.440 e. The number of carbonyl (C=O) groups excluding carboxylic acids is 4. The van der Waals surface area contributed by atoms with Crippen molar-refractivity contribution in [1.82, 2.24) is 15.5 Å². The minimum atomic E-state index is -4.63. The SMILES string of the molecule is O=C1CCC(N2CC3C=C(NC(=O)OCC(F)(F)F)C=CC3C2=O)C(=O)N1. The predicted molar refractivity (Wildman–Crippen MR) is 82.6 cm³/mol. The van der Waals surface area contributed by atoms with Crippen LogP contribution < -0.4 is 10.6 Å². The second-order valence-electron chi connectivity index (χ2n) is 6.44. The van der Waals surface area contributed by atoms with Crippen molar-refractivity contribution in [2.45, 2.75) is 25.1 Å². The molecule has 27 heavy (non-hydrogen) atoms. The third-order valence-corrected chi connectivity index (χ3v) is 4.51. The molecule has 3 rings (SSSR count). The van der Waals surface area contributed by atoms with Gasteiger partial charge in [0.1, 0.15) is 6.04 Å². The van der Waals surface area contributed by atoms with Gasteiger partial charge in [-0.3, -0.25) is 25.0 Å². The molecule has 11 heteroatoms. The first-order chi connectivity index (χ1) is 12.6. The Hall–Kier alpha value is -2.85. The Balaban J connectivity index is 1.62. The number of allylic oxidation sites excluding steroid dienone is 1. The van der Waals surface area contributed by atoms with Crippen LogP contribution in [0.3, 0.4) is 0 Å². The van der Waals surface area contributed by atoms with E-state index < -0.39 is 36.7 Å². The van der Waals surface area contributed by atoms with Crippen molar-refractivity contribution < 1.29 is 37.1 Å². The fourth-order valence-electron chi connectivity index (χ4n) is 3.33. The number of alkyl halides is 3. The molecule has 0 spiro atoms. The number of halogens is 3. The van der Waals surface area contributed by atoms with Gasteiger partial charge in [0.15, 0.2) is 6.61 Å². The summed E-state index contributed by atoms with van der Waals surface area (Å²) in [4.78, 5) is 48.6. The topological polar surface area (TPSA) is 105 Å². The van der Waals surface area contributed by atoms with E-state index in [4.69, 9.17) is 0 Å². The van der Waals surface area contributed by atoms with Crippen molar-refractivity contribution in [1.29, 1.82) is 0 Å². The molecule has 0 aromatic carbocycles. The van der Waals surface area contributed by atoms with E-state index in [-0.39, 0.29) is 42.8 Å². The summed E-state index contributed by atoms with van der Waals surface area (Å²) >= 11 is 0. The van der Waals surface area contributed by atoms with Crippen LogP contribution in [0.4, 0.5) is 18.0 Å². The molecule has 0 aromatic rings. The van der Waals surface area contributed by atoms with Crippen LogP contribution in [0.1, 0.15) is 12.8 Å². The van der Waals surface area contributed by atoms with Gasteiger partial charge in [-0.25, -0.2) is 4.79 Å². The molecule has 2 heterocycles. The van der Waals surface area contributed by atoms with Gasteiger partial charge in [0, 0.05) is 24.6 Å². The number of fused-ring (bicyclic) bond motifs is 1. The van der Waals surface area contributed by atoms with E-state index >= 15 is 0 Å². The first-order valence-corrected chi connectivity index (χ1v) is 8.19. The number of piperidine rings is 1. The number of alkyl carbamates (subject to hydrolysis) is 1. The normalized spacial score (nSPS) is 27.8. The Labute approximate surface area is 151 Å². The van der Waals surface area contributed by atoms with E-state index in [1.807, 2.05) is 0 Å². The molecule has 8 nitrogen and oxygen atoms in total. The van der Waals surface area contributed by atoms with Crippen LogP contribution in [0.25, 0.3) is 0 Å². The lowest BCUT2D eigenvalue weighted by Gasteiger charge is -2.29. The number of carbonyl (C=O) groups is 4. The van der Waals surface area contributed by atoms with Crippen LogP contribution in [0.15, 0.2) is 23.9 Å². The maximum atomic E-state index is 12.6. The molecule has 0 radical (unpaired) electrons. The highest BCUT2D eigenvalue weighted by molar-refractivity contribution is 6.02. The fourth-order valence-corrected chi connectivity index (χ4v) is 3.33. The van der Waals surface area contributed by atoms with Gasteiger partial charge in [-0.2, -0.15) is 13.2 Å². The van der Waals surface area contributed by atoms with Crippen molar-refractivity contribution in [2.24, 2.45) is 11.8 Å². The molecule has 0 aromatic heterocycles. The number of likely N-dealkylation sites (tertiary alicyclic amines) is 1. The zero-order valence-corrected chi connectivity index (χ0v) is 13.9. The minimum absolute atomic E-state index is 0.138. The van der Waals surface area contributed by atoms with E-state index in [2.05, 4.69) is 15.4 Å². The fraction of sp³-hybridized carbons (Fsp3) is 0.500. The van der Waals surface area contributed by atoms with Crippen molar-refractivity contribution >= 4 is 23.8 Å². The van der Waals surface area contributed by atoms with Crippen molar-refractivity contribution in [3.8, 4) is 0 Å². The molecule has 3 unspecified atom stereocenters. The summed E-state index contributed by atoms with van der Waals surface area (Å²) in [6.07, 6.45) is -1.03. The van der Waals surface area contributed by atoms with E-state index in [1.54, 1.807) is 6.08 Å². The van der Waals surface area contributed by atoms with Gasteiger partial charge in [0.25, 0.3) is 0 Å². The quantitative estimate of drug-likeness (QED) is 0.691. The van der Waals surface area contributed by atoms with E-state index in [1.165, 1.54) is 17.1 Å². The first kappa shape index (κ1) is 18.9. The second kappa shape index (κ2) is 7.05. The number of nitrogens with zero attached hydrogens (tertiary/aromatic N) is 1. The number of hydrogen-bond donors (Lipinski definition) is 2. The Bertz CT molecular complexity index is 746. The Morgan fingerprint density at radius 2 is 2.07 bits per heavy atom. The lowest BCUT2D eigenvalue weighted by molar-refractivity contribution is -0.160. The van der Waals surface area contributed by atoms with E-state index in [0.29, 0.717) is 0 Å². The zero-order valence-electron chi connectivity index (χ0n) is 13.9. The van der Waals surface area contributed by atoms with Crippen molar-refractivity contribution in [3.63, 3.8) is 0 Å². The number of rotatable bonds is 3. The lowest BCUT2D eigenvalue weighted by Crippen LogP contribution is -2.53. The van der Waals surface area contributed by atoms with Crippen LogP contribution in [0.2, 0.25) is 0 Å². The van der Waals surface area contributed by atoms with Gasteiger partial charge < -0.3 is 9.64 Å². The Kier molecular flexibility index (Phi) is 4.94. The number of amides is 4. The van der Waals surface area contributed by atoms with Crippen molar-refractivity contribution in [3.05, 3.63) is 23.9 Å². The minimum Gasteiger partial charge on any atom is -0.440 e. The van der Waals surface area contributed by atoms with Crippen LogP contribution in [-0.4, -0.2) is 54.1 Å². The first-order valence-electron chi connectivity index (χ1n) is 8.19. The highest BCUT2D eigenvalue weighted by Crippen LogP contribution is 2.33. The third-order valence-electron chi connectivity index (χ3n) is 4.51. The van der Waals surface area contributed by atoms with Gasteiger partial charge in [-0.1, -0.05) is 12.2 Å². The van der Waals surface area contributed by atoms with Crippen LogP contribution in [-0.2, 0) is 19.1 Å². The predicted octanol–water partition coefficient (Wildman–Crippen LogP) is 0.608. The lowest BCUT2D eigenvalue weighted by atomic mass is 9.90. The summed E-state index contributed by atoms with van der Waals surface area (Å²) in [5.41, 5.74) is 0.210. The third kappa shape index (κ3) is 4.29. The molecule has 0 saturated carbocycles. The molecular weight excluding hydrogens is 371 g/mol. The Morgan fingerprint density at radius 3 is 2.74 bits per heavy atom. The molecule has 0 bridgehead atoms. The smallest absolute Gasteiger partial charge is 0.422 e. The number of nitrogens with one attached hydrogen (secondary N) is 2. The summed E-state index contributed by atoms with van der Waals surface area (Å²) in [6, 6.07) is -0.740. The molecule has 4 amide bonds. The van der Waals surface area contributed by atoms with E-state index in [9.17, 15) is 32.3 Å². The summed E-state index contributed by atoms with van der Waals surface area (Å²) in [5.74, 6) is -2.08. The molecule has 2 saturated heterocycles. The number of hydrogen-bond acceptors (Lipinski definition) is 5. The van der Waals surface area contributed by atoms with Gasteiger partial charge in [0.05, 0.1) is 5.92 Å². The van der Waals surface area contributed by atoms with Crippen LogP contribution in [0, 0.1) is 11.8 Å². The monoisotopic (exact) mass is 387 g/mol. The van der Waals surface area contributed by atoms with Gasteiger partial charge >= 0.3 is 12.3 Å². The van der Waals surface area contributed by atoms with E-state index in [0.717, 1.165) is 0 Å². The molecule has 2 aliphatic heterocycles. The average Bonchev–Trinajstić information content (AvgIpc) is 2.89. The second-order valence-corrected chi connectivity index (χ2v) is 6.44. The van der Waals surface area contributed by atoms with Crippen LogP contribution >= 0.6 is 0 Å². The highest BCUT2D eigenvalue weighted by Gasteiger charge is 2.45. The summed E-state index contributed by atoms with van der Waals surface area (Å²) in [7, 11) is 0. The van der Waals surface area contributed by atoms with Gasteiger partial charge in [-0.15, -0.1) is 0 Å². The van der Waals surface area contributed by atoms with Crippen LogP contribution in [0.5, 0.6) is 0 Å². The van der Waals surface area contributed by atoms with Crippen molar-refractivity contribution in [2.75, 3.05) is 13.2 Å². The molecule has 2 fully saturated rings. The molecule has 146 valence electrons. The van der Waals surface area contributed by atoms with Gasteiger partial charge in [0.2, 0.25) is 17.7 Å². The summed E-state index contributed by atoms with van der Waals surface area (Å²) < 4.78 is 40.2. The number of imide groups is 1. The molecular formula is C16H16F3N3O5. The molecule has 3 atom stereocenters. The standard InChI is InChI=1S/C16H16F3N3O5/c17-16(18,19)7-27-15(26)20-9-1-2-10-8(5-9)6-22(14(10)25)11-3-4-12(23)21-13(11)24/h1-2,5,8,10-11H,3-4,6-7H2,(H,20,26)(H,21,23,24). The summed E-state index contributed by atoms with van der Waals surface area (Å²) in [5, 5.41) is 4.39. The zero-order chi connectivity index (χ0) is 19.8. The molecule has 1 aliphatic carbocycles. The van der Waals surface area contributed by atoms with Gasteiger partial charge in [-0.05, 0) is 12.5 Å². The Morgan fingerprint density at radius 1 is 1.33 bits per heavy atom.